The van der Waals surface area contributed by atoms with Crippen molar-refractivity contribution in [2.75, 3.05) is 0 Å². The van der Waals surface area contributed by atoms with E-state index in [-0.39, 0.29) is 45.7 Å². The molecule has 3 rings (SSSR count). The van der Waals surface area contributed by atoms with Gasteiger partial charge in [0.05, 0.1) is 15.6 Å². The van der Waals surface area contributed by atoms with Gasteiger partial charge in [-0.25, -0.2) is 8.78 Å². The summed E-state index contributed by atoms with van der Waals surface area (Å²) in [5, 5.41) is 0.462. The summed E-state index contributed by atoms with van der Waals surface area (Å²) in [6.45, 7) is -0.278. The number of carbonyl (C=O) groups is 1. The van der Waals surface area contributed by atoms with Crippen LogP contribution in [0.5, 0.6) is 11.5 Å². The molecule has 3 aromatic rings. The van der Waals surface area contributed by atoms with E-state index >= 15 is 0 Å². The van der Waals surface area contributed by atoms with Crippen LogP contribution in [0.2, 0.25) is 10.0 Å². The zero-order valence-electron chi connectivity index (χ0n) is 14.4. The van der Waals surface area contributed by atoms with Crippen LogP contribution < -0.4 is 9.47 Å². The number of benzene rings is 3. The zero-order chi connectivity index (χ0) is 20.1. The summed E-state index contributed by atoms with van der Waals surface area (Å²) in [5.74, 6) is -0.476. The van der Waals surface area contributed by atoms with Gasteiger partial charge in [-0.05, 0) is 36.4 Å². The van der Waals surface area contributed by atoms with Crippen LogP contribution in [-0.2, 0) is 13.2 Å². The van der Waals surface area contributed by atoms with Gasteiger partial charge in [-0.15, -0.1) is 0 Å². The Morgan fingerprint density at radius 3 is 1.93 bits per heavy atom. The van der Waals surface area contributed by atoms with Crippen LogP contribution in [0.25, 0.3) is 0 Å². The minimum Gasteiger partial charge on any atom is -0.489 e. The molecular weight excluding hydrogens is 409 g/mol. The molecular formula is C21H14Cl2F2O3. The van der Waals surface area contributed by atoms with Gasteiger partial charge in [-0.3, -0.25) is 4.79 Å². The molecule has 0 bridgehead atoms. The molecule has 0 aromatic heterocycles. The van der Waals surface area contributed by atoms with E-state index in [1.54, 1.807) is 18.2 Å². The first kappa shape index (κ1) is 20.1. The Hall–Kier alpha value is -2.63. The van der Waals surface area contributed by atoms with Crippen LogP contribution in [0.15, 0.2) is 54.6 Å². The van der Waals surface area contributed by atoms with Gasteiger partial charge in [0.2, 0.25) is 0 Å². The topological polar surface area (TPSA) is 35.5 Å². The third kappa shape index (κ3) is 4.61. The monoisotopic (exact) mass is 422 g/mol. The number of hydrogen-bond donors (Lipinski definition) is 0. The average Bonchev–Trinajstić information content (AvgIpc) is 2.67. The third-order valence-corrected chi connectivity index (χ3v) is 4.70. The molecule has 0 unspecified atom stereocenters. The summed E-state index contributed by atoms with van der Waals surface area (Å²) >= 11 is 12.0. The predicted octanol–water partition coefficient (Wildman–Crippen LogP) is 6.24. The number of aldehydes is 1. The van der Waals surface area contributed by atoms with Gasteiger partial charge < -0.3 is 9.47 Å². The van der Waals surface area contributed by atoms with E-state index in [9.17, 15) is 13.6 Å². The van der Waals surface area contributed by atoms with E-state index in [2.05, 4.69) is 0 Å². The number of hydrogen-bond acceptors (Lipinski definition) is 3. The molecule has 0 heterocycles. The molecule has 3 aromatic carbocycles. The second kappa shape index (κ2) is 9.04. The van der Waals surface area contributed by atoms with Crippen molar-refractivity contribution in [3.05, 3.63) is 93.0 Å². The number of halogens is 4. The van der Waals surface area contributed by atoms with Gasteiger partial charge in [0.25, 0.3) is 0 Å². The first-order valence-corrected chi connectivity index (χ1v) is 8.96. The zero-order valence-corrected chi connectivity index (χ0v) is 15.9. The molecule has 28 heavy (non-hydrogen) atoms. The lowest BCUT2D eigenvalue weighted by molar-refractivity contribution is 0.111. The maximum absolute atomic E-state index is 13.9. The van der Waals surface area contributed by atoms with Gasteiger partial charge in [-0.2, -0.15) is 0 Å². The highest BCUT2D eigenvalue weighted by atomic mass is 35.5. The first-order chi connectivity index (χ1) is 13.5. The molecule has 7 heteroatoms. The fourth-order valence-electron chi connectivity index (χ4n) is 2.47. The van der Waals surface area contributed by atoms with Crippen molar-refractivity contribution in [3.8, 4) is 11.5 Å². The van der Waals surface area contributed by atoms with Crippen LogP contribution >= 0.6 is 23.2 Å². The molecule has 0 amide bonds. The molecule has 144 valence electrons. The Balaban J connectivity index is 1.77. The summed E-state index contributed by atoms with van der Waals surface area (Å²) in [4.78, 5) is 11.3. The molecule has 0 saturated carbocycles. The Kier molecular flexibility index (Phi) is 6.49. The van der Waals surface area contributed by atoms with Crippen LogP contribution in [0.1, 0.15) is 21.5 Å². The highest BCUT2D eigenvalue weighted by Crippen LogP contribution is 2.28. The molecule has 0 saturated heterocycles. The van der Waals surface area contributed by atoms with Gasteiger partial charge in [0.15, 0.2) is 6.29 Å². The van der Waals surface area contributed by atoms with Gasteiger partial charge in [0, 0.05) is 17.2 Å². The van der Waals surface area contributed by atoms with Crippen molar-refractivity contribution in [1.82, 2.24) is 0 Å². The lowest BCUT2D eigenvalue weighted by atomic mass is 10.2. The largest absolute Gasteiger partial charge is 0.489 e. The van der Waals surface area contributed by atoms with Crippen LogP contribution in [0.4, 0.5) is 8.78 Å². The van der Waals surface area contributed by atoms with E-state index in [1.165, 1.54) is 36.4 Å². The van der Waals surface area contributed by atoms with Crippen molar-refractivity contribution in [3.63, 3.8) is 0 Å². The Labute approximate surface area is 170 Å². The summed E-state index contributed by atoms with van der Waals surface area (Å²) in [6.07, 6.45) is 0.607. The summed E-state index contributed by atoms with van der Waals surface area (Å²) in [6, 6.07) is 13.1. The normalized spacial score (nSPS) is 10.6. The van der Waals surface area contributed by atoms with E-state index in [0.29, 0.717) is 12.0 Å². The molecule has 0 spiro atoms. The summed E-state index contributed by atoms with van der Waals surface area (Å²) in [7, 11) is 0. The maximum Gasteiger partial charge on any atom is 0.153 e. The average molecular weight is 423 g/mol. The van der Waals surface area contributed by atoms with E-state index in [0.717, 1.165) is 0 Å². The van der Waals surface area contributed by atoms with Crippen molar-refractivity contribution in [2.24, 2.45) is 0 Å². The minimum atomic E-state index is -0.512. The maximum atomic E-state index is 13.9. The van der Waals surface area contributed by atoms with Crippen molar-refractivity contribution >= 4 is 29.5 Å². The Morgan fingerprint density at radius 1 is 0.821 bits per heavy atom. The highest BCUT2D eigenvalue weighted by molar-refractivity contribution is 6.31. The SMILES string of the molecule is O=Cc1ccc(OCc2c(F)cccc2Cl)cc1OCc1c(F)cccc1Cl. The fraction of sp³-hybridized carbons (Fsp3) is 0.0952. The van der Waals surface area contributed by atoms with Crippen molar-refractivity contribution in [2.45, 2.75) is 13.2 Å². The lowest BCUT2D eigenvalue weighted by Crippen LogP contribution is -2.03. The van der Waals surface area contributed by atoms with Crippen LogP contribution in [0.3, 0.4) is 0 Å². The fourth-order valence-corrected chi connectivity index (χ4v) is 2.91. The van der Waals surface area contributed by atoms with Crippen LogP contribution in [0, 0.1) is 11.6 Å². The molecule has 0 aliphatic rings. The smallest absolute Gasteiger partial charge is 0.153 e. The number of carbonyl (C=O) groups excluding carboxylic acids is 1. The predicted molar refractivity (Wildman–Crippen MR) is 103 cm³/mol. The second-order valence-corrected chi connectivity index (χ2v) is 6.61. The number of rotatable bonds is 7. The molecule has 0 fully saturated rings. The third-order valence-electron chi connectivity index (χ3n) is 3.99. The molecule has 0 aliphatic carbocycles. The number of ether oxygens (including phenoxy) is 2. The van der Waals surface area contributed by atoms with Gasteiger partial charge in [-0.1, -0.05) is 35.3 Å². The molecule has 0 N–H and O–H groups in total. The standard InChI is InChI=1S/C21H14Cl2F2O3/c22-17-3-1-5-19(24)15(17)11-27-14-8-7-13(10-26)21(9-14)28-12-16-18(23)4-2-6-20(16)25/h1-10H,11-12H2. The molecule has 0 aliphatic heterocycles. The molecule has 3 nitrogen and oxygen atoms in total. The molecule has 0 radical (unpaired) electrons. The quantitative estimate of drug-likeness (QED) is 0.422. The van der Waals surface area contributed by atoms with E-state index in [4.69, 9.17) is 32.7 Å². The van der Waals surface area contributed by atoms with Crippen LogP contribution in [-0.4, -0.2) is 6.29 Å². The van der Waals surface area contributed by atoms with Crippen molar-refractivity contribution < 1.29 is 23.0 Å². The second-order valence-electron chi connectivity index (χ2n) is 5.80. The summed E-state index contributed by atoms with van der Waals surface area (Å²) < 4.78 is 38.9. The van der Waals surface area contributed by atoms with E-state index in [1.807, 2.05) is 0 Å². The Morgan fingerprint density at radius 2 is 1.39 bits per heavy atom. The summed E-state index contributed by atoms with van der Waals surface area (Å²) in [5.41, 5.74) is 0.637. The first-order valence-electron chi connectivity index (χ1n) is 8.20. The van der Waals surface area contributed by atoms with Gasteiger partial charge in [0.1, 0.15) is 36.3 Å². The van der Waals surface area contributed by atoms with E-state index < -0.39 is 11.6 Å². The van der Waals surface area contributed by atoms with Gasteiger partial charge >= 0.3 is 0 Å². The van der Waals surface area contributed by atoms with Crippen molar-refractivity contribution in [1.29, 1.82) is 0 Å². The lowest BCUT2D eigenvalue weighted by Gasteiger charge is -2.13. The minimum absolute atomic E-state index is 0.107. The highest BCUT2D eigenvalue weighted by Gasteiger charge is 2.12. The Bertz CT molecular complexity index is 968. The molecule has 0 atom stereocenters.